The first-order valence-corrected chi connectivity index (χ1v) is 9.29. The number of nitro benzene ring substituents is 1. The number of nitrogens with zero attached hydrogens (tertiary/aromatic N) is 2. The maximum atomic E-state index is 12.4. The Morgan fingerprint density at radius 1 is 1.35 bits per heavy atom. The summed E-state index contributed by atoms with van der Waals surface area (Å²) in [5.74, 6) is -0.136. The summed E-state index contributed by atoms with van der Waals surface area (Å²) in [6.07, 6.45) is 0. The van der Waals surface area contributed by atoms with Crippen LogP contribution in [0.3, 0.4) is 0 Å². The van der Waals surface area contributed by atoms with Gasteiger partial charge >= 0.3 is 0 Å². The fourth-order valence-corrected chi connectivity index (χ4v) is 3.93. The average molecular weight is 389 g/mol. The van der Waals surface area contributed by atoms with E-state index in [1.54, 1.807) is 22.7 Å². The van der Waals surface area contributed by atoms with Gasteiger partial charge in [0.05, 0.1) is 39.7 Å². The van der Waals surface area contributed by atoms with Crippen LogP contribution < -0.4 is 10.1 Å². The molecule has 0 fully saturated rings. The summed E-state index contributed by atoms with van der Waals surface area (Å²) in [5.41, 5.74) is 0.900. The van der Waals surface area contributed by atoms with Crippen molar-refractivity contribution in [3.63, 3.8) is 0 Å². The van der Waals surface area contributed by atoms with Crippen LogP contribution in [-0.4, -0.2) is 22.9 Å². The summed E-state index contributed by atoms with van der Waals surface area (Å²) < 4.78 is 5.13. The smallest absolute Gasteiger partial charge is 0.270 e. The number of carbonyl (C=O) groups excluding carboxylic acids is 1. The zero-order valence-electron chi connectivity index (χ0n) is 14.0. The van der Waals surface area contributed by atoms with Crippen molar-refractivity contribution in [1.29, 1.82) is 0 Å². The Balaban J connectivity index is 1.72. The molecule has 26 heavy (non-hydrogen) atoms. The van der Waals surface area contributed by atoms with E-state index in [0.29, 0.717) is 6.54 Å². The molecule has 0 aliphatic rings. The molecule has 0 saturated heterocycles. The van der Waals surface area contributed by atoms with Crippen LogP contribution in [0.4, 0.5) is 5.69 Å². The van der Waals surface area contributed by atoms with E-state index in [0.717, 1.165) is 20.5 Å². The van der Waals surface area contributed by atoms with Crippen LogP contribution in [0, 0.1) is 17.0 Å². The van der Waals surface area contributed by atoms with E-state index < -0.39 is 10.8 Å². The first-order valence-electron chi connectivity index (χ1n) is 7.60. The third kappa shape index (κ3) is 3.89. The van der Waals surface area contributed by atoms with Gasteiger partial charge in [-0.3, -0.25) is 14.9 Å². The highest BCUT2D eigenvalue weighted by Gasteiger charge is 2.17. The van der Waals surface area contributed by atoms with Crippen LogP contribution in [0.2, 0.25) is 0 Å². The largest absolute Gasteiger partial charge is 0.496 e. The number of hydrogen-bond donors (Lipinski definition) is 1. The van der Waals surface area contributed by atoms with Gasteiger partial charge in [0.15, 0.2) is 0 Å². The fraction of sp³-hybridized carbons (Fsp3) is 0.176. The molecule has 0 aliphatic heterocycles. The minimum absolute atomic E-state index is 0.133. The summed E-state index contributed by atoms with van der Waals surface area (Å²) in [7, 11) is 1.42. The quantitative estimate of drug-likeness (QED) is 0.507. The van der Waals surface area contributed by atoms with Crippen LogP contribution >= 0.6 is 22.7 Å². The molecule has 0 spiro atoms. The SMILES string of the molecule is COc1ccc([N+](=O)[O-])cc1C(=O)NCc1ccc(-c2csc(C)n2)s1. The van der Waals surface area contributed by atoms with E-state index in [4.69, 9.17) is 4.74 Å². The number of rotatable bonds is 6. The van der Waals surface area contributed by atoms with Gasteiger partial charge in [0.2, 0.25) is 0 Å². The Kier molecular flexibility index (Phi) is 5.29. The Morgan fingerprint density at radius 3 is 2.81 bits per heavy atom. The molecule has 0 bridgehead atoms. The number of aromatic nitrogens is 1. The zero-order chi connectivity index (χ0) is 18.7. The maximum absolute atomic E-state index is 12.4. The Morgan fingerprint density at radius 2 is 2.15 bits per heavy atom. The highest BCUT2D eigenvalue weighted by atomic mass is 32.1. The van der Waals surface area contributed by atoms with Crippen molar-refractivity contribution in [2.45, 2.75) is 13.5 Å². The van der Waals surface area contributed by atoms with Crippen LogP contribution in [0.5, 0.6) is 5.75 Å². The van der Waals surface area contributed by atoms with Gasteiger partial charge in [-0.15, -0.1) is 22.7 Å². The Hall–Kier alpha value is -2.78. The molecule has 3 aromatic rings. The third-order valence-electron chi connectivity index (χ3n) is 3.59. The molecule has 134 valence electrons. The molecule has 0 unspecified atom stereocenters. The second kappa shape index (κ2) is 7.63. The molecule has 7 nitrogen and oxygen atoms in total. The molecular formula is C17H15N3O4S2. The number of ether oxygens (including phenoxy) is 1. The van der Waals surface area contributed by atoms with Crippen molar-refractivity contribution in [3.05, 3.63) is 61.3 Å². The number of nitro groups is 1. The predicted molar refractivity (Wildman–Crippen MR) is 101 cm³/mol. The average Bonchev–Trinajstić information content (AvgIpc) is 3.27. The number of carbonyl (C=O) groups is 1. The predicted octanol–water partition coefficient (Wildman–Crippen LogP) is 4.03. The highest BCUT2D eigenvalue weighted by molar-refractivity contribution is 7.16. The van der Waals surface area contributed by atoms with Crippen molar-refractivity contribution in [2.75, 3.05) is 7.11 Å². The van der Waals surface area contributed by atoms with E-state index in [9.17, 15) is 14.9 Å². The Labute approximate surface area is 157 Å². The van der Waals surface area contributed by atoms with E-state index in [1.165, 1.54) is 25.3 Å². The van der Waals surface area contributed by atoms with Crippen molar-refractivity contribution in [2.24, 2.45) is 0 Å². The number of non-ortho nitro benzene ring substituents is 1. The van der Waals surface area contributed by atoms with Gasteiger partial charge in [0.25, 0.3) is 11.6 Å². The second-order valence-electron chi connectivity index (χ2n) is 5.34. The van der Waals surface area contributed by atoms with E-state index in [2.05, 4.69) is 10.3 Å². The van der Waals surface area contributed by atoms with Crippen LogP contribution in [-0.2, 0) is 6.54 Å². The lowest BCUT2D eigenvalue weighted by atomic mass is 10.1. The lowest BCUT2D eigenvalue weighted by Crippen LogP contribution is -2.23. The molecule has 3 rings (SSSR count). The van der Waals surface area contributed by atoms with Gasteiger partial charge in [-0.25, -0.2) is 4.98 Å². The summed E-state index contributed by atoms with van der Waals surface area (Å²) in [6.45, 7) is 2.27. The van der Waals surface area contributed by atoms with Crippen LogP contribution in [0.25, 0.3) is 10.6 Å². The number of amides is 1. The van der Waals surface area contributed by atoms with E-state index in [-0.39, 0.29) is 17.0 Å². The summed E-state index contributed by atoms with van der Waals surface area (Å²) in [6, 6.07) is 7.83. The number of thiazole rings is 1. The number of hydrogen-bond acceptors (Lipinski definition) is 7. The van der Waals surface area contributed by atoms with Gasteiger partial charge in [-0.1, -0.05) is 0 Å². The molecule has 0 atom stereocenters. The minimum atomic E-state index is -0.544. The van der Waals surface area contributed by atoms with Crippen LogP contribution in [0.1, 0.15) is 20.2 Å². The summed E-state index contributed by atoms with van der Waals surface area (Å²) in [4.78, 5) is 29.3. The molecule has 1 amide bonds. The molecule has 0 saturated carbocycles. The van der Waals surface area contributed by atoms with Crippen molar-refractivity contribution in [3.8, 4) is 16.3 Å². The van der Waals surface area contributed by atoms with Gasteiger partial charge in [0, 0.05) is 22.4 Å². The van der Waals surface area contributed by atoms with Gasteiger partial charge in [0.1, 0.15) is 5.75 Å². The van der Waals surface area contributed by atoms with Gasteiger partial charge in [-0.2, -0.15) is 0 Å². The number of benzene rings is 1. The molecule has 2 aromatic heterocycles. The maximum Gasteiger partial charge on any atom is 0.270 e. The molecule has 9 heteroatoms. The second-order valence-corrected chi connectivity index (χ2v) is 7.57. The molecule has 2 heterocycles. The topological polar surface area (TPSA) is 94.4 Å². The Bertz CT molecular complexity index is 965. The molecule has 0 aliphatic carbocycles. The van der Waals surface area contributed by atoms with Crippen molar-refractivity contribution >= 4 is 34.3 Å². The summed E-state index contributed by atoms with van der Waals surface area (Å²) >= 11 is 3.13. The highest BCUT2D eigenvalue weighted by Crippen LogP contribution is 2.29. The van der Waals surface area contributed by atoms with E-state index >= 15 is 0 Å². The minimum Gasteiger partial charge on any atom is -0.496 e. The molecule has 1 aromatic carbocycles. The first kappa shape index (κ1) is 18.0. The van der Waals surface area contributed by atoms with E-state index in [1.807, 2.05) is 24.4 Å². The number of aryl methyl sites for hydroxylation is 1. The number of methoxy groups -OCH3 is 1. The number of thiophene rings is 1. The summed E-state index contributed by atoms with van der Waals surface area (Å²) in [5, 5.41) is 16.7. The molecule has 1 N–H and O–H groups in total. The molecular weight excluding hydrogens is 374 g/mol. The van der Waals surface area contributed by atoms with Crippen LogP contribution in [0.15, 0.2) is 35.7 Å². The normalized spacial score (nSPS) is 10.5. The monoisotopic (exact) mass is 389 g/mol. The fourth-order valence-electron chi connectivity index (χ4n) is 2.34. The van der Waals surface area contributed by atoms with Crippen molar-refractivity contribution in [1.82, 2.24) is 10.3 Å². The number of nitrogens with one attached hydrogen (secondary N) is 1. The van der Waals surface area contributed by atoms with Gasteiger partial charge < -0.3 is 10.1 Å². The standard InChI is InChI=1S/C17H15N3O4S2/c1-10-19-14(9-25-10)16-6-4-12(26-16)8-18-17(21)13-7-11(20(22)23)3-5-15(13)24-2/h3-7,9H,8H2,1-2H3,(H,18,21). The zero-order valence-corrected chi connectivity index (χ0v) is 15.6. The lowest BCUT2D eigenvalue weighted by molar-refractivity contribution is -0.384. The van der Waals surface area contributed by atoms with Crippen molar-refractivity contribution < 1.29 is 14.5 Å². The molecule has 0 radical (unpaired) electrons. The van der Waals surface area contributed by atoms with Gasteiger partial charge in [-0.05, 0) is 25.1 Å². The third-order valence-corrected chi connectivity index (χ3v) is 5.48. The first-order chi connectivity index (χ1) is 12.5. The lowest BCUT2D eigenvalue weighted by Gasteiger charge is -2.08.